The molecule has 0 saturated carbocycles. The van der Waals surface area contributed by atoms with Crippen LogP contribution in [-0.4, -0.2) is 26.1 Å². The third kappa shape index (κ3) is 1.20. The first-order valence-electron chi connectivity index (χ1n) is 3.91. The minimum atomic E-state index is -1.22. The lowest BCUT2D eigenvalue weighted by atomic mass is 10.3. The summed E-state index contributed by atoms with van der Waals surface area (Å²) in [6.45, 7) is 0.848. The quantitative estimate of drug-likeness (QED) is 0.722. The van der Waals surface area contributed by atoms with Gasteiger partial charge in [0.15, 0.2) is 5.76 Å². The summed E-state index contributed by atoms with van der Waals surface area (Å²) in [5.41, 5.74) is 0. The summed E-state index contributed by atoms with van der Waals surface area (Å²) in [5, 5.41) is 0.701. The molecule has 6 heteroatoms. The van der Waals surface area contributed by atoms with Gasteiger partial charge in [-0.1, -0.05) is 34.8 Å². The number of hydrogen-bond donors (Lipinski definition) is 0. The van der Waals surface area contributed by atoms with E-state index in [1.807, 2.05) is 0 Å². The second-order valence-corrected chi connectivity index (χ2v) is 3.92. The van der Waals surface area contributed by atoms with E-state index < -0.39 is 5.79 Å². The van der Waals surface area contributed by atoms with E-state index in [1.165, 1.54) is 7.11 Å². The maximum Gasteiger partial charge on any atom is 0.249 e. The Labute approximate surface area is 96.2 Å². The zero-order chi connectivity index (χ0) is 10.3. The number of methoxy groups -OCH3 is 1. The maximum atomic E-state index is 6.03. The van der Waals surface area contributed by atoms with Crippen LogP contribution in [0, 0.1) is 0 Å². The number of halogens is 3. The normalized spacial score (nSPS) is 25.4. The highest BCUT2D eigenvalue weighted by atomic mass is 35.5. The first-order valence-corrected chi connectivity index (χ1v) is 5.05. The molecule has 1 aliphatic carbocycles. The van der Waals surface area contributed by atoms with Gasteiger partial charge in [0.2, 0.25) is 5.79 Å². The highest BCUT2D eigenvalue weighted by molar-refractivity contribution is 6.45. The zero-order valence-electron chi connectivity index (χ0n) is 7.27. The van der Waals surface area contributed by atoms with Crippen molar-refractivity contribution in [1.29, 1.82) is 0 Å². The van der Waals surface area contributed by atoms with Crippen molar-refractivity contribution in [3.8, 4) is 0 Å². The lowest BCUT2D eigenvalue weighted by molar-refractivity contribution is -0.0812. The number of hydrogen-bond acceptors (Lipinski definition) is 3. The fourth-order valence-electron chi connectivity index (χ4n) is 1.43. The van der Waals surface area contributed by atoms with E-state index in [4.69, 9.17) is 49.0 Å². The van der Waals surface area contributed by atoms with Gasteiger partial charge >= 0.3 is 0 Å². The second-order valence-electron chi connectivity index (χ2n) is 2.79. The van der Waals surface area contributed by atoms with Crippen LogP contribution in [0.2, 0.25) is 0 Å². The fourth-order valence-corrected chi connectivity index (χ4v) is 2.49. The molecule has 0 N–H and O–H groups in total. The lowest BCUT2D eigenvalue weighted by Gasteiger charge is -2.21. The lowest BCUT2D eigenvalue weighted by Crippen LogP contribution is -2.29. The summed E-state index contributed by atoms with van der Waals surface area (Å²) in [6.07, 6.45) is 0. The molecule has 3 nitrogen and oxygen atoms in total. The number of allylic oxidation sites excluding steroid dienone is 1. The van der Waals surface area contributed by atoms with Crippen LogP contribution in [0.25, 0.3) is 0 Å². The molecule has 1 fully saturated rings. The molecule has 0 unspecified atom stereocenters. The average molecular weight is 258 g/mol. The fraction of sp³-hybridized carbons (Fsp3) is 0.500. The van der Waals surface area contributed by atoms with E-state index in [0.717, 1.165) is 0 Å². The van der Waals surface area contributed by atoms with Crippen LogP contribution < -0.4 is 0 Å². The molecule has 0 aromatic rings. The molecule has 0 bridgehead atoms. The highest BCUT2D eigenvalue weighted by Crippen LogP contribution is 2.50. The molecule has 1 aliphatic heterocycles. The van der Waals surface area contributed by atoms with Crippen LogP contribution in [0.5, 0.6) is 0 Å². The summed E-state index contributed by atoms with van der Waals surface area (Å²) in [4.78, 5) is 0. The van der Waals surface area contributed by atoms with Gasteiger partial charge in [0, 0.05) is 0 Å². The van der Waals surface area contributed by atoms with Gasteiger partial charge in [0.1, 0.15) is 15.1 Å². The molecule has 1 heterocycles. The standard InChI is InChI=1S/C8H7Cl3O3/c1-12-5-4(9)6(10)8(7(5)11)13-2-3-14-8/h2-3H2,1H3. The second kappa shape index (κ2) is 3.58. The molecule has 0 aromatic carbocycles. The van der Waals surface area contributed by atoms with Crippen molar-refractivity contribution in [2.24, 2.45) is 0 Å². The van der Waals surface area contributed by atoms with Crippen LogP contribution >= 0.6 is 34.8 Å². The highest BCUT2D eigenvalue weighted by Gasteiger charge is 2.52. The van der Waals surface area contributed by atoms with Gasteiger partial charge in [0.25, 0.3) is 0 Å². The Morgan fingerprint density at radius 2 is 1.71 bits per heavy atom. The minimum absolute atomic E-state index is 0.221. The van der Waals surface area contributed by atoms with E-state index in [2.05, 4.69) is 0 Å². The van der Waals surface area contributed by atoms with Crippen molar-refractivity contribution in [3.63, 3.8) is 0 Å². The molecule has 2 rings (SSSR count). The first kappa shape index (κ1) is 10.6. The molecule has 14 heavy (non-hydrogen) atoms. The van der Waals surface area contributed by atoms with E-state index in [9.17, 15) is 0 Å². The molecular formula is C8H7Cl3O3. The van der Waals surface area contributed by atoms with Crippen LogP contribution in [0.15, 0.2) is 20.9 Å². The Hall–Kier alpha value is 0.0700. The Kier molecular flexibility index (Phi) is 2.70. The topological polar surface area (TPSA) is 27.7 Å². The van der Waals surface area contributed by atoms with Gasteiger partial charge in [-0.2, -0.15) is 0 Å². The van der Waals surface area contributed by atoms with Gasteiger partial charge in [-0.15, -0.1) is 0 Å². The molecule has 0 atom stereocenters. The van der Waals surface area contributed by atoms with E-state index in [-0.39, 0.29) is 15.1 Å². The summed E-state index contributed by atoms with van der Waals surface area (Å²) in [6, 6.07) is 0. The molecule has 0 amide bonds. The summed E-state index contributed by atoms with van der Waals surface area (Å²) < 4.78 is 15.7. The summed E-state index contributed by atoms with van der Waals surface area (Å²) in [5.74, 6) is -0.911. The summed E-state index contributed by atoms with van der Waals surface area (Å²) >= 11 is 17.9. The average Bonchev–Trinajstić information content (AvgIpc) is 2.72. The van der Waals surface area contributed by atoms with Gasteiger partial charge in [-0.05, 0) is 0 Å². The third-order valence-corrected chi connectivity index (χ3v) is 3.38. The molecule has 2 aliphatic rings. The Balaban J connectivity index is 2.50. The van der Waals surface area contributed by atoms with Crippen LogP contribution in [0.1, 0.15) is 0 Å². The third-order valence-electron chi connectivity index (χ3n) is 2.07. The van der Waals surface area contributed by atoms with Crippen LogP contribution in [-0.2, 0) is 14.2 Å². The molecule has 0 radical (unpaired) electrons. The van der Waals surface area contributed by atoms with Crippen molar-refractivity contribution in [1.82, 2.24) is 0 Å². The molecule has 78 valence electrons. The predicted octanol–water partition coefficient (Wildman–Crippen LogP) is 2.53. The monoisotopic (exact) mass is 256 g/mol. The van der Waals surface area contributed by atoms with Crippen molar-refractivity contribution in [3.05, 3.63) is 20.9 Å². The van der Waals surface area contributed by atoms with Gasteiger partial charge in [-0.3, -0.25) is 0 Å². The van der Waals surface area contributed by atoms with E-state index >= 15 is 0 Å². The van der Waals surface area contributed by atoms with Gasteiger partial charge < -0.3 is 14.2 Å². The minimum Gasteiger partial charge on any atom is -0.494 e. The van der Waals surface area contributed by atoms with Crippen molar-refractivity contribution < 1.29 is 14.2 Å². The first-order chi connectivity index (χ1) is 6.63. The van der Waals surface area contributed by atoms with Crippen molar-refractivity contribution in [2.45, 2.75) is 5.79 Å². The smallest absolute Gasteiger partial charge is 0.249 e. The molecular weight excluding hydrogens is 250 g/mol. The maximum absolute atomic E-state index is 6.03. The van der Waals surface area contributed by atoms with Gasteiger partial charge in [0.05, 0.1) is 20.3 Å². The largest absolute Gasteiger partial charge is 0.494 e. The van der Waals surface area contributed by atoms with E-state index in [1.54, 1.807) is 0 Å². The Morgan fingerprint density at radius 3 is 2.14 bits per heavy atom. The number of ether oxygens (including phenoxy) is 3. The van der Waals surface area contributed by atoms with Crippen molar-refractivity contribution >= 4 is 34.8 Å². The zero-order valence-corrected chi connectivity index (χ0v) is 9.54. The van der Waals surface area contributed by atoms with Crippen LogP contribution in [0.3, 0.4) is 0 Å². The number of rotatable bonds is 1. The summed E-state index contributed by atoms with van der Waals surface area (Å²) in [7, 11) is 1.46. The molecule has 1 spiro atoms. The van der Waals surface area contributed by atoms with Crippen molar-refractivity contribution in [2.75, 3.05) is 20.3 Å². The SMILES string of the molecule is COC1=C(Cl)C2(OCCO2)C(Cl)=C1Cl. The Bertz CT molecular complexity index is 329. The molecule has 1 saturated heterocycles. The van der Waals surface area contributed by atoms with Crippen LogP contribution in [0.4, 0.5) is 0 Å². The predicted molar refractivity (Wildman–Crippen MR) is 53.3 cm³/mol. The Morgan fingerprint density at radius 1 is 1.14 bits per heavy atom. The van der Waals surface area contributed by atoms with E-state index in [0.29, 0.717) is 19.0 Å². The van der Waals surface area contributed by atoms with Gasteiger partial charge in [-0.25, -0.2) is 0 Å². The molecule has 0 aromatic heterocycles.